The summed E-state index contributed by atoms with van der Waals surface area (Å²) in [7, 11) is 0. The van der Waals surface area contributed by atoms with Crippen molar-refractivity contribution in [2.75, 3.05) is 5.32 Å². The molecule has 4 nitrogen and oxygen atoms in total. The van der Waals surface area contributed by atoms with Crippen molar-refractivity contribution in [3.63, 3.8) is 0 Å². The maximum absolute atomic E-state index is 12.7. The molecule has 1 atom stereocenters. The van der Waals surface area contributed by atoms with Crippen LogP contribution in [0.5, 0.6) is 11.5 Å². The highest BCUT2D eigenvalue weighted by Crippen LogP contribution is 2.26. The predicted molar refractivity (Wildman–Crippen MR) is 117 cm³/mol. The lowest BCUT2D eigenvalue weighted by atomic mass is 10.1. The average molecular weight is 389 g/mol. The molecule has 29 heavy (non-hydrogen) atoms. The topological polar surface area (TPSA) is 47.6 Å². The van der Waals surface area contributed by atoms with Gasteiger partial charge in [0.05, 0.1) is 6.10 Å². The number of ether oxygens (including phenoxy) is 2. The largest absolute Gasteiger partial charge is 0.490 e. The van der Waals surface area contributed by atoms with Crippen molar-refractivity contribution in [1.82, 2.24) is 0 Å². The minimum absolute atomic E-state index is 0.148. The fraction of sp³-hybridized carbons (Fsp3) is 0.320. The molecule has 1 aliphatic rings. The highest BCUT2D eigenvalue weighted by Gasteiger charge is 2.19. The molecule has 0 aliphatic heterocycles. The van der Waals surface area contributed by atoms with Crippen LogP contribution in [0.4, 0.5) is 5.69 Å². The number of fused-ring (bicyclic) bond motifs is 1. The number of hydrogen-bond donors (Lipinski definition) is 1. The smallest absolute Gasteiger partial charge is 0.265 e. The van der Waals surface area contributed by atoms with Crippen molar-refractivity contribution >= 4 is 22.4 Å². The van der Waals surface area contributed by atoms with Gasteiger partial charge in [-0.05, 0) is 79.3 Å². The number of nitrogens with one attached hydrogen (secondary N) is 1. The lowest BCUT2D eigenvalue weighted by Crippen LogP contribution is -2.32. The van der Waals surface area contributed by atoms with E-state index in [1.54, 1.807) is 0 Å². The molecule has 0 spiro atoms. The number of carbonyl (C=O) groups excluding carboxylic acids is 1. The Morgan fingerprint density at radius 2 is 1.66 bits per heavy atom. The fourth-order valence-electron chi connectivity index (χ4n) is 3.77. The van der Waals surface area contributed by atoms with Gasteiger partial charge in [0.25, 0.3) is 5.91 Å². The van der Waals surface area contributed by atoms with E-state index >= 15 is 0 Å². The molecule has 0 heterocycles. The normalized spacial score (nSPS) is 15.2. The van der Waals surface area contributed by atoms with Crippen molar-refractivity contribution in [3.8, 4) is 11.5 Å². The molecule has 1 N–H and O–H groups in total. The SMILES string of the molecule is CC[C@@H](Oc1ccc2ccccc2c1)C(=O)Nc1ccc(OC2CCCC2)cc1. The molecule has 1 aliphatic carbocycles. The number of carbonyl (C=O) groups is 1. The first kappa shape index (κ1) is 19.3. The Hall–Kier alpha value is -3.01. The Bertz CT molecular complexity index is 961. The van der Waals surface area contributed by atoms with Crippen LogP contribution in [0.25, 0.3) is 10.8 Å². The van der Waals surface area contributed by atoms with Gasteiger partial charge >= 0.3 is 0 Å². The van der Waals surface area contributed by atoms with Gasteiger partial charge in [0.2, 0.25) is 0 Å². The number of amides is 1. The summed E-state index contributed by atoms with van der Waals surface area (Å²) in [6.45, 7) is 1.95. The summed E-state index contributed by atoms with van der Waals surface area (Å²) in [5, 5.41) is 5.20. The highest BCUT2D eigenvalue weighted by atomic mass is 16.5. The summed E-state index contributed by atoms with van der Waals surface area (Å²) in [5.74, 6) is 1.41. The predicted octanol–water partition coefficient (Wildman–Crippen LogP) is 5.96. The summed E-state index contributed by atoms with van der Waals surface area (Å²) in [6, 6.07) is 21.6. The van der Waals surface area contributed by atoms with E-state index in [1.807, 2.05) is 67.6 Å². The molecule has 4 heteroatoms. The zero-order valence-corrected chi connectivity index (χ0v) is 16.8. The van der Waals surface area contributed by atoms with Crippen LogP contribution in [0.3, 0.4) is 0 Å². The van der Waals surface area contributed by atoms with Gasteiger partial charge in [-0.1, -0.05) is 37.3 Å². The van der Waals surface area contributed by atoms with E-state index in [0.29, 0.717) is 18.3 Å². The number of benzene rings is 3. The summed E-state index contributed by atoms with van der Waals surface area (Å²) in [5.41, 5.74) is 0.745. The fourth-order valence-corrected chi connectivity index (χ4v) is 3.77. The third-order valence-corrected chi connectivity index (χ3v) is 5.39. The molecule has 150 valence electrons. The van der Waals surface area contributed by atoms with E-state index in [9.17, 15) is 4.79 Å². The molecule has 3 aromatic carbocycles. The molecule has 1 fully saturated rings. The van der Waals surface area contributed by atoms with Crippen molar-refractivity contribution in [3.05, 3.63) is 66.7 Å². The lowest BCUT2D eigenvalue weighted by molar-refractivity contribution is -0.122. The van der Waals surface area contributed by atoms with Gasteiger partial charge in [-0.15, -0.1) is 0 Å². The van der Waals surface area contributed by atoms with Crippen LogP contribution >= 0.6 is 0 Å². The number of hydrogen-bond acceptors (Lipinski definition) is 3. The van der Waals surface area contributed by atoms with Gasteiger partial charge in [0.1, 0.15) is 11.5 Å². The van der Waals surface area contributed by atoms with Gasteiger partial charge in [0, 0.05) is 5.69 Å². The Morgan fingerprint density at radius 3 is 2.38 bits per heavy atom. The van der Waals surface area contributed by atoms with E-state index in [1.165, 1.54) is 12.8 Å². The molecule has 0 aromatic heterocycles. The van der Waals surface area contributed by atoms with Crippen LogP contribution in [0.15, 0.2) is 66.7 Å². The standard InChI is InChI=1S/C25H27NO3/c1-2-24(29-23-14-11-18-7-3-4-8-19(18)17-23)25(27)26-20-12-15-22(16-13-20)28-21-9-5-6-10-21/h3-4,7-8,11-17,21,24H,2,5-6,9-10H2,1H3,(H,26,27)/t24-/m1/s1. The van der Waals surface area contributed by atoms with Crippen LogP contribution in [0, 0.1) is 0 Å². The minimum Gasteiger partial charge on any atom is -0.490 e. The molecule has 1 amide bonds. The van der Waals surface area contributed by atoms with Crippen LogP contribution in [0.2, 0.25) is 0 Å². The summed E-state index contributed by atoms with van der Waals surface area (Å²) in [6.07, 6.45) is 5.11. The molecule has 3 aromatic rings. The van der Waals surface area contributed by atoms with Gasteiger partial charge in [-0.3, -0.25) is 4.79 Å². The maximum atomic E-state index is 12.7. The summed E-state index contributed by atoms with van der Waals surface area (Å²) >= 11 is 0. The Morgan fingerprint density at radius 1 is 0.966 bits per heavy atom. The average Bonchev–Trinajstić information content (AvgIpc) is 3.26. The Kier molecular flexibility index (Phi) is 5.99. The molecule has 4 rings (SSSR count). The Labute approximate surface area is 171 Å². The quantitative estimate of drug-likeness (QED) is 0.542. The number of anilines is 1. The first-order chi connectivity index (χ1) is 14.2. The van der Waals surface area contributed by atoms with Gasteiger partial charge in [-0.2, -0.15) is 0 Å². The van der Waals surface area contributed by atoms with E-state index in [2.05, 4.69) is 11.4 Å². The molecular formula is C25H27NO3. The van der Waals surface area contributed by atoms with Crippen LogP contribution in [-0.2, 0) is 4.79 Å². The lowest BCUT2D eigenvalue weighted by Gasteiger charge is -2.18. The molecule has 0 radical (unpaired) electrons. The first-order valence-electron chi connectivity index (χ1n) is 10.4. The van der Waals surface area contributed by atoms with Gasteiger partial charge < -0.3 is 14.8 Å². The van der Waals surface area contributed by atoms with Crippen molar-refractivity contribution in [2.24, 2.45) is 0 Å². The Balaban J connectivity index is 1.37. The van der Waals surface area contributed by atoms with Crippen molar-refractivity contribution in [1.29, 1.82) is 0 Å². The monoisotopic (exact) mass is 389 g/mol. The summed E-state index contributed by atoms with van der Waals surface area (Å²) in [4.78, 5) is 12.7. The van der Waals surface area contributed by atoms with E-state index in [0.717, 1.165) is 35.1 Å². The third kappa shape index (κ3) is 4.89. The van der Waals surface area contributed by atoms with E-state index < -0.39 is 6.10 Å². The second kappa shape index (κ2) is 8.99. The molecule has 0 bridgehead atoms. The number of rotatable bonds is 7. The van der Waals surface area contributed by atoms with Crippen molar-refractivity contribution < 1.29 is 14.3 Å². The molecule has 0 unspecified atom stereocenters. The van der Waals surface area contributed by atoms with Crippen LogP contribution < -0.4 is 14.8 Å². The second-order valence-corrected chi connectivity index (χ2v) is 7.56. The van der Waals surface area contributed by atoms with Gasteiger partial charge in [-0.25, -0.2) is 0 Å². The van der Waals surface area contributed by atoms with Crippen LogP contribution in [-0.4, -0.2) is 18.1 Å². The van der Waals surface area contributed by atoms with Crippen molar-refractivity contribution in [2.45, 2.75) is 51.2 Å². The maximum Gasteiger partial charge on any atom is 0.265 e. The van der Waals surface area contributed by atoms with Gasteiger partial charge in [0.15, 0.2) is 6.10 Å². The molecule has 0 saturated heterocycles. The second-order valence-electron chi connectivity index (χ2n) is 7.56. The third-order valence-electron chi connectivity index (χ3n) is 5.39. The molecule has 1 saturated carbocycles. The first-order valence-corrected chi connectivity index (χ1v) is 10.4. The van der Waals surface area contributed by atoms with E-state index in [4.69, 9.17) is 9.47 Å². The minimum atomic E-state index is -0.550. The van der Waals surface area contributed by atoms with Crippen LogP contribution in [0.1, 0.15) is 39.0 Å². The zero-order valence-electron chi connectivity index (χ0n) is 16.8. The highest BCUT2D eigenvalue weighted by molar-refractivity contribution is 5.94. The zero-order chi connectivity index (χ0) is 20.1. The summed E-state index contributed by atoms with van der Waals surface area (Å²) < 4.78 is 12.0. The molecular weight excluding hydrogens is 362 g/mol. The van der Waals surface area contributed by atoms with E-state index in [-0.39, 0.29) is 5.91 Å².